The quantitative estimate of drug-likeness (QED) is 0.697. The average molecular weight is 372 g/mol. The van der Waals surface area contributed by atoms with Crippen LogP contribution < -0.4 is 5.32 Å². The Bertz CT molecular complexity index is 879. The Labute approximate surface area is 141 Å². The van der Waals surface area contributed by atoms with Crippen molar-refractivity contribution in [3.8, 4) is 0 Å². The molecular weight excluding hydrogens is 358 g/mol. The van der Waals surface area contributed by atoms with Gasteiger partial charge in [0, 0.05) is 27.4 Å². The highest BCUT2D eigenvalue weighted by Gasteiger charge is 2.17. The molecule has 0 atom stereocenters. The normalized spacial score (nSPS) is 10.6. The van der Waals surface area contributed by atoms with E-state index in [-0.39, 0.29) is 0 Å². The summed E-state index contributed by atoms with van der Waals surface area (Å²) >= 11 is 3.41. The van der Waals surface area contributed by atoms with Crippen molar-refractivity contribution in [1.82, 2.24) is 9.97 Å². The molecule has 1 aromatic carbocycles. The summed E-state index contributed by atoms with van der Waals surface area (Å²) in [5, 5.41) is 4.04. The van der Waals surface area contributed by atoms with Gasteiger partial charge in [0.1, 0.15) is 5.56 Å². The Kier molecular flexibility index (Phi) is 4.25. The summed E-state index contributed by atoms with van der Waals surface area (Å²) in [6, 6.07) is 11.5. The van der Waals surface area contributed by atoms with Crippen molar-refractivity contribution in [2.45, 2.75) is 6.92 Å². The average Bonchev–Trinajstić information content (AvgIpc) is 2.56. The smallest absolute Gasteiger partial charge is 0.341 e. The van der Waals surface area contributed by atoms with Gasteiger partial charge >= 0.3 is 5.97 Å². The third-order valence-electron chi connectivity index (χ3n) is 3.39. The Morgan fingerprint density at radius 3 is 2.61 bits per heavy atom. The number of anilines is 2. The van der Waals surface area contributed by atoms with Crippen LogP contribution in [0.3, 0.4) is 0 Å². The molecule has 0 unspecified atom stereocenters. The number of methoxy groups -OCH3 is 1. The number of carbonyl (C=O) groups is 1. The molecule has 0 fully saturated rings. The van der Waals surface area contributed by atoms with Crippen molar-refractivity contribution in [2.75, 3.05) is 12.4 Å². The van der Waals surface area contributed by atoms with Gasteiger partial charge < -0.3 is 10.1 Å². The van der Waals surface area contributed by atoms with E-state index in [4.69, 9.17) is 4.74 Å². The summed E-state index contributed by atoms with van der Waals surface area (Å²) in [5.74, 6) is -0.445. The van der Waals surface area contributed by atoms with E-state index < -0.39 is 5.97 Å². The van der Waals surface area contributed by atoms with Crippen molar-refractivity contribution in [2.24, 2.45) is 0 Å². The van der Waals surface area contributed by atoms with Crippen molar-refractivity contribution in [3.63, 3.8) is 0 Å². The van der Waals surface area contributed by atoms with E-state index in [1.165, 1.54) is 13.3 Å². The van der Waals surface area contributed by atoms with E-state index in [0.717, 1.165) is 21.2 Å². The number of benzene rings is 1. The molecule has 0 aliphatic rings. The molecular formula is C17H14BrN3O2. The number of esters is 1. The second-order valence-corrected chi connectivity index (χ2v) is 5.91. The number of nitrogens with zero attached hydrogens (tertiary/aromatic N) is 2. The second kappa shape index (κ2) is 6.34. The lowest BCUT2D eigenvalue weighted by Gasteiger charge is -2.13. The lowest BCUT2D eigenvalue weighted by molar-refractivity contribution is 0.0601. The molecule has 2 heterocycles. The highest BCUT2D eigenvalue weighted by atomic mass is 79.9. The van der Waals surface area contributed by atoms with Crippen LogP contribution in [0.25, 0.3) is 11.0 Å². The van der Waals surface area contributed by atoms with Crippen LogP contribution in [0.4, 0.5) is 11.4 Å². The molecule has 0 saturated heterocycles. The number of rotatable bonds is 3. The van der Waals surface area contributed by atoms with Crippen LogP contribution in [0, 0.1) is 6.92 Å². The van der Waals surface area contributed by atoms with Gasteiger partial charge in [-0.2, -0.15) is 0 Å². The van der Waals surface area contributed by atoms with Crippen LogP contribution in [0.2, 0.25) is 0 Å². The molecule has 3 aromatic rings. The number of ether oxygens (including phenoxy) is 1. The molecule has 0 bridgehead atoms. The topological polar surface area (TPSA) is 64.1 Å². The van der Waals surface area contributed by atoms with E-state index in [9.17, 15) is 4.79 Å². The third kappa shape index (κ3) is 3.17. The molecule has 0 radical (unpaired) electrons. The first-order valence-electron chi connectivity index (χ1n) is 6.96. The van der Waals surface area contributed by atoms with Crippen LogP contribution in [-0.2, 0) is 4.74 Å². The number of nitrogens with one attached hydrogen (secondary N) is 1. The van der Waals surface area contributed by atoms with E-state index in [1.54, 1.807) is 0 Å². The first-order chi connectivity index (χ1) is 11.1. The van der Waals surface area contributed by atoms with Crippen molar-refractivity contribution in [3.05, 3.63) is 58.3 Å². The molecule has 0 aliphatic carbocycles. The van der Waals surface area contributed by atoms with Gasteiger partial charge in [-0.25, -0.2) is 14.8 Å². The van der Waals surface area contributed by atoms with E-state index >= 15 is 0 Å². The zero-order chi connectivity index (χ0) is 16.4. The first-order valence-corrected chi connectivity index (χ1v) is 7.75. The number of halogens is 1. The Morgan fingerprint density at radius 1 is 1.17 bits per heavy atom. The molecule has 5 nitrogen and oxygen atoms in total. The minimum Gasteiger partial charge on any atom is -0.465 e. The summed E-state index contributed by atoms with van der Waals surface area (Å²) in [7, 11) is 1.35. The highest BCUT2D eigenvalue weighted by molar-refractivity contribution is 9.10. The van der Waals surface area contributed by atoms with Crippen LogP contribution in [0.5, 0.6) is 0 Å². The summed E-state index contributed by atoms with van der Waals surface area (Å²) in [6.45, 7) is 1.90. The van der Waals surface area contributed by atoms with Crippen LogP contribution in [-0.4, -0.2) is 23.0 Å². The maximum absolute atomic E-state index is 12.1. The lowest BCUT2D eigenvalue weighted by Crippen LogP contribution is -2.07. The van der Waals surface area contributed by atoms with Crippen molar-refractivity contribution in [1.29, 1.82) is 0 Å². The van der Waals surface area contributed by atoms with Crippen LogP contribution >= 0.6 is 15.9 Å². The monoisotopic (exact) mass is 371 g/mol. The molecule has 0 amide bonds. The van der Waals surface area contributed by atoms with Gasteiger partial charge in [-0.3, -0.25) is 0 Å². The van der Waals surface area contributed by atoms with E-state index in [0.29, 0.717) is 16.9 Å². The van der Waals surface area contributed by atoms with Crippen molar-refractivity contribution >= 4 is 44.3 Å². The summed E-state index contributed by atoms with van der Waals surface area (Å²) in [6.07, 6.45) is 1.49. The Morgan fingerprint density at radius 2 is 1.91 bits per heavy atom. The van der Waals surface area contributed by atoms with Gasteiger partial charge in [-0.05, 0) is 43.3 Å². The minimum absolute atomic E-state index is 0.369. The highest BCUT2D eigenvalue weighted by Crippen LogP contribution is 2.29. The van der Waals surface area contributed by atoms with Gasteiger partial charge in [-0.1, -0.05) is 15.9 Å². The zero-order valence-electron chi connectivity index (χ0n) is 12.6. The maximum atomic E-state index is 12.1. The largest absolute Gasteiger partial charge is 0.465 e. The van der Waals surface area contributed by atoms with Crippen LogP contribution in [0.1, 0.15) is 16.1 Å². The SMILES string of the molecule is COC(=O)c1cnc2nc(C)ccc2c1Nc1ccc(Br)cc1. The van der Waals surface area contributed by atoms with Gasteiger partial charge in [0.2, 0.25) is 0 Å². The number of hydrogen-bond acceptors (Lipinski definition) is 5. The Hall–Kier alpha value is -2.47. The molecule has 0 aliphatic heterocycles. The summed E-state index contributed by atoms with van der Waals surface area (Å²) in [4.78, 5) is 20.7. The predicted molar refractivity (Wildman–Crippen MR) is 93.0 cm³/mol. The molecule has 23 heavy (non-hydrogen) atoms. The van der Waals surface area contributed by atoms with E-state index in [1.807, 2.05) is 43.3 Å². The fraction of sp³-hybridized carbons (Fsp3) is 0.118. The van der Waals surface area contributed by atoms with E-state index in [2.05, 4.69) is 31.2 Å². The standard InChI is InChI=1S/C17H14BrN3O2/c1-10-3-8-13-15(21-12-6-4-11(18)5-7-12)14(17(22)23-2)9-19-16(13)20-10/h3-9H,1-2H3,(H,19,20,21). The third-order valence-corrected chi connectivity index (χ3v) is 3.92. The number of pyridine rings is 2. The second-order valence-electron chi connectivity index (χ2n) is 4.99. The molecule has 0 saturated carbocycles. The van der Waals surface area contributed by atoms with Gasteiger partial charge in [0.25, 0.3) is 0 Å². The molecule has 0 spiro atoms. The number of carbonyl (C=O) groups excluding carboxylic acids is 1. The van der Waals surface area contributed by atoms with Gasteiger partial charge in [0.05, 0.1) is 12.8 Å². The zero-order valence-corrected chi connectivity index (χ0v) is 14.2. The number of aromatic nitrogens is 2. The number of fused-ring (bicyclic) bond motifs is 1. The number of aryl methyl sites for hydroxylation is 1. The minimum atomic E-state index is -0.445. The molecule has 1 N–H and O–H groups in total. The van der Waals surface area contributed by atoms with Gasteiger partial charge in [-0.15, -0.1) is 0 Å². The van der Waals surface area contributed by atoms with Crippen LogP contribution in [0.15, 0.2) is 47.1 Å². The van der Waals surface area contributed by atoms with Gasteiger partial charge in [0.15, 0.2) is 5.65 Å². The summed E-state index contributed by atoms with van der Waals surface area (Å²) in [5.41, 5.74) is 3.30. The molecule has 2 aromatic heterocycles. The first kappa shape index (κ1) is 15.4. The maximum Gasteiger partial charge on any atom is 0.341 e. The summed E-state index contributed by atoms with van der Waals surface area (Å²) < 4.78 is 5.84. The molecule has 6 heteroatoms. The molecule has 3 rings (SSSR count). The Balaban J connectivity index is 2.17. The fourth-order valence-electron chi connectivity index (χ4n) is 2.25. The lowest BCUT2D eigenvalue weighted by atomic mass is 10.1. The van der Waals surface area contributed by atoms with Crippen molar-refractivity contribution < 1.29 is 9.53 Å². The molecule has 116 valence electrons. The predicted octanol–water partition coefficient (Wildman–Crippen LogP) is 4.23. The fourth-order valence-corrected chi connectivity index (χ4v) is 2.51. The number of hydrogen-bond donors (Lipinski definition) is 1.